The lowest BCUT2D eigenvalue weighted by molar-refractivity contribution is -0.141. The van der Waals surface area contributed by atoms with Crippen LogP contribution >= 0.6 is 0 Å². The second-order valence-corrected chi connectivity index (χ2v) is 11.8. The lowest BCUT2D eigenvalue weighted by atomic mass is 9.97. The van der Waals surface area contributed by atoms with Gasteiger partial charge in [0, 0.05) is 26.9 Å². The molecule has 0 fully saturated rings. The molecule has 0 atom stereocenters. The standard InChI is InChI=1S/C43H44O11/c1-29(26-47-4)41(44)52-23-21-50-37-16-11-33(12-17-37)32-7-9-35(10-8-32)39-20-15-36(25-40(39)54-43(46)31(3)28-49-6)34-13-18-38(19-14-34)51-22-24-53-42(45)30(2)27-48-5/h7-20,25H,1-3,21-24,26-28H2,4-6H3. The Kier molecular flexibility index (Phi) is 15.8. The molecule has 0 saturated carbocycles. The van der Waals surface area contributed by atoms with Gasteiger partial charge in [0.25, 0.3) is 0 Å². The Labute approximate surface area is 315 Å². The van der Waals surface area contributed by atoms with Crippen LogP contribution < -0.4 is 14.2 Å². The van der Waals surface area contributed by atoms with Gasteiger partial charge in [0.15, 0.2) is 0 Å². The molecule has 0 spiro atoms. The lowest BCUT2D eigenvalue weighted by Gasteiger charge is -2.14. The molecular weight excluding hydrogens is 692 g/mol. The summed E-state index contributed by atoms with van der Waals surface area (Å²) in [5.74, 6) is -0.0649. The Morgan fingerprint density at radius 3 is 1.28 bits per heavy atom. The largest absolute Gasteiger partial charge is 0.490 e. The van der Waals surface area contributed by atoms with Crippen molar-refractivity contribution >= 4 is 17.9 Å². The molecule has 0 aliphatic heterocycles. The van der Waals surface area contributed by atoms with E-state index in [0.717, 1.165) is 27.8 Å². The third-order valence-corrected chi connectivity index (χ3v) is 7.75. The van der Waals surface area contributed by atoms with Crippen molar-refractivity contribution in [2.75, 3.05) is 67.6 Å². The maximum atomic E-state index is 12.9. The smallest absolute Gasteiger partial charge is 0.341 e. The Hall–Kier alpha value is -6.01. The highest BCUT2D eigenvalue weighted by Gasteiger charge is 2.16. The molecule has 282 valence electrons. The quantitative estimate of drug-likeness (QED) is 0.0379. The van der Waals surface area contributed by atoms with Crippen molar-refractivity contribution in [2.24, 2.45) is 0 Å². The van der Waals surface area contributed by atoms with E-state index in [0.29, 0.717) is 22.8 Å². The number of rotatable bonds is 21. The monoisotopic (exact) mass is 736 g/mol. The minimum Gasteiger partial charge on any atom is -0.490 e. The SMILES string of the molecule is C=C(COC)C(=O)OCCOc1ccc(-c2ccc(-c3ccc(-c4ccc(OCCOC(=O)C(=C)COC)cc4)cc3OC(=O)C(=C)COC)cc2)cc1. The van der Waals surface area contributed by atoms with Crippen molar-refractivity contribution in [1.29, 1.82) is 0 Å². The fourth-order valence-electron chi connectivity index (χ4n) is 5.02. The van der Waals surface area contributed by atoms with Crippen molar-refractivity contribution in [1.82, 2.24) is 0 Å². The number of carbonyl (C=O) groups excluding carboxylic acids is 3. The average Bonchev–Trinajstić information content (AvgIpc) is 3.18. The molecule has 0 aromatic heterocycles. The maximum Gasteiger partial charge on any atom is 0.341 e. The van der Waals surface area contributed by atoms with Crippen LogP contribution in [0, 0.1) is 0 Å². The minimum absolute atomic E-state index is 0.0352. The summed E-state index contributed by atoms with van der Waals surface area (Å²) in [5, 5.41) is 0. The molecule has 11 heteroatoms. The first kappa shape index (κ1) is 40.8. The number of benzene rings is 4. The number of ether oxygens (including phenoxy) is 8. The summed E-state index contributed by atoms with van der Waals surface area (Å²) in [6.45, 7) is 11.8. The van der Waals surface area contributed by atoms with E-state index in [4.69, 9.17) is 37.9 Å². The molecule has 0 aliphatic rings. The summed E-state index contributed by atoms with van der Waals surface area (Å²) < 4.78 is 42.4. The topological polar surface area (TPSA) is 125 Å². The number of methoxy groups -OCH3 is 3. The highest BCUT2D eigenvalue weighted by atomic mass is 16.6. The zero-order chi connectivity index (χ0) is 38.9. The van der Waals surface area contributed by atoms with E-state index in [-0.39, 0.29) is 63.0 Å². The number of hydrogen-bond donors (Lipinski definition) is 0. The van der Waals surface area contributed by atoms with Gasteiger partial charge in [-0.25, -0.2) is 14.4 Å². The second-order valence-electron chi connectivity index (χ2n) is 11.8. The molecule has 0 radical (unpaired) electrons. The highest BCUT2D eigenvalue weighted by Crippen LogP contribution is 2.36. The van der Waals surface area contributed by atoms with Crippen LogP contribution in [0.15, 0.2) is 127 Å². The van der Waals surface area contributed by atoms with E-state index in [9.17, 15) is 14.4 Å². The van der Waals surface area contributed by atoms with Gasteiger partial charge in [0.1, 0.15) is 43.7 Å². The third kappa shape index (κ3) is 12.0. The van der Waals surface area contributed by atoms with Gasteiger partial charge in [-0.2, -0.15) is 0 Å². The van der Waals surface area contributed by atoms with Crippen LogP contribution in [-0.2, 0) is 38.1 Å². The van der Waals surface area contributed by atoms with Gasteiger partial charge >= 0.3 is 17.9 Å². The van der Waals surface area contributed by atoms with Gasteiger partial charge in [-0.15, -0.1) is 0 Å². The normalized spacial score (nSPS) is 10.6. The van der Waals surface area contributed by atoms with Gasteiger partial charge in [0.2, 0.25) is 0 Å². The van der Waals surface area contributed by atoms with Crippen LogP contribution in [0.1, 0.15) is 0 Å². The molecule has 54 heavy (non-hydrogen) atoms. The number of carbonyl (C=O) groups is 3. The third-order valence-electron chi connectivity index (χ3n) is 7.75. The predicted octanol–water partition coefficient (Wildman–Crippen LogP) is 7.04. The molecule has 0 aliphatic carbocycles. The minimum atomic E-state index is -0.598. The van der Waals surface area contributed by atoms with Crippen molar-refractivity contribution in [2.45, 2.75) is 0 Å². The van der Waals surface area contributed by atoms with E-state index in [2.05, 4.69) is 19.7 Å². The molecule has 0 saturated heterocycles. The Morgan fingerprint density at radius 1 is 0.463 bits per heavy atom. The molecule has 0 amide bonds. The van der Waals surface area contributed by atoms with Crippen molar-refractivity contribution in [3.8, 4) is 50.6 Å². The molecular formula is C43H44O11. The van der Waals surface area contributed by atoms with E-state index >= 15 is 0 Å². The van der Waals surface area contributed by atoms with Crippen LogP contribution in [0.2, 0.25) is 0 Å². The van der Waals surface area contributed by atoms with Crippen molar-refractivity contribution in [3.05, 3.63) is 127 Å². The van der Waals surface area contributed by atoms with Crippen LogP contribution in [0.3, 0.4) is 0 Å². The lowest BCUT2D eigenvalue weighted by Crippen LogP contribution is -2.15. The fourth-order valence-corrected chi connectivity index (χ4v) is 5.02. The zero-order valence-electron chi connectivity index (χ0n) is 30.7. The molecule has 0 N–H and O–H groups in total. The van der Waals surface area contributed by atoms with Crippen LogP contribution in [0.25, 0.3) is 33.4 Å². The number of esters is 3. The van der Waals surface area contributed by atoms with Gasteiger partial charge < -0.3 is 37.9 Å². The van der Waals surface area contributed by atoms with Crippen LogP contribution in [-0.4, -0.2) is 85.5 Å². The van der Waals surface area contributed by atoms with Gasteiger partial charge in [0.05, 0.1) is 36.5 Å². The molecule has 11 nitrogen and oxygen atoms in total. The summed E-state index contributed by atoms with van der Waals surface area (Å²) in [4.78, 5) is 36.6. The van der Waals surface area contributed by atoms with Crippen LogP contribution in [0.5, 0.6) is 17.2 Å². The summed E-state index contributed by atoms with van der Waals surface area (Å²) in [6.07, 6.45) is 0. The summed E-state index contributed by atoms with van der Waals surface area (Å²) >= 11 is 0. The maximum absolute atomic E-state index is 12.9. The molecule has 0 bridgehead atoms. The van der Waals surface area contributed by atoms with Crippen molar-refractivity contribution < 1.29 is 52.3 Å². The van der Waals surface area contributed by atoms with Gasteiger partial charge in [-0.05, 0) is 58.1 Å². The van der Waals surface area contributed by atoms with E-state index in [1.165, 1.54) is 21.3 Å². The fraction of sp³-hybridized carbons (Fsp3) is 0.233. The number of hydrogen-bond acceptors (Lipinski definition) is 11. The zero-order valence-corrected chi connectivity index (χ0v) is 30.7. The van der Waals surface area contributed by atoms with Gasteiger partial charge in [-0.3, -0.25) is 0 Å². The summed E-state index contributed by atoms with van der Waals surface area (Å²) in [6, 6.07) is 28.5. The first-order valence-electron chi connectivity index (χ1n) is 16.9. The first-order valence-corrected chi connectivity index (χ1v) is 16.9. The summed E-state index contributed by atoms with van der Waals surface area (Å²) in [5.41, 5.74) is 5.81. The van der Waals surface area contributed by atoms with Crippen LogP contribution in [0.4, 0.5) is 0 Å². The Bertz CT molecular complexity index is 1910. The molecule has 0 unspecified atom stereocenters. The summed E-state index contributed by atoms with van der Waals surface area (Å²) in [7, 11) is 4.44. The molecule has 0 heterocycles. The molecule has 4 rings (SSSR count). The molecule has 4 aromatic carbocycles. The first-order chi connectivity index (χ1) is 26.1. The average molecular weight is 737 g/mol. The second kappa shape index (κ2) is 20.9. The van der Waals surface area contributed by atoms with E-state index < -0.39 is 17.9 Å². The van der Waals surface area contributed by atoms with E-state index in [1.54, 1.807) is 18.2 Å². The Morgan fingerprint density at radius 2 is 0.833 bits per heavy atom. The van der Waals surface area contributed by atoms with Gasteiger partial charge in [-0.1, -0.05) is 80.4 Å². The Balaban J connectivity index is 1.43. The predicted molar refractivity (Wildman–Crippen MR) is 204 cm³/mol. The highest BCUT2D eigenvalue weighted by molar-refractivity contribution is 5.92. The molecule has 4 aromatic rings. The van der Waals surface area contributed by atoms with Crippen molar-refractivity contribution in [3.63, 3.8) is 0 Å². The van der Waals surface area contributed by atoms with E-state index in [1.807, 2.05) is 72.8 Å².